The molecule has 3 nitrogen and oxygen atoms in total. The lowest BCUT2D eigenvalue weighted by molar-refractivity contribution is -0.644. The van der Waals surface area contributed by atoms with Crippen LogP contribution in [0.2, 0.25) is 0 Å². The molecule has 0 amide bonds. The molecule has 0 aliphatic carbocycles. The molecular weight excluding hydrogens is 354 g/mol. The molecule has 142 valence electrons. The van der Waals surface area contributed by atoms with Gasteiger partial charge in [-0.3, -0.25) is 0 Å². The first-order valence-electron chi connectivity index (χ1n) is 10.00. The summed E-state index contributed by atoms with van der Waals surface area (Å²) < 4.78 is 2.18. The Bertz CT molecular complexity index is 1420. The molecule has 0 saturated heterocycles. The molecule has 0 radical (unpaired) electrons. The van der Waals surface area contributed by atoms with Gasteiger partial charge in [0.15, 0.2) is 6.20 Å². The van der Waals surface area contributed by atoms with Gasteiger partial charge < -0.3 is 0 Å². The van der Waals surface area contributed by atoms with Crippen LogP contribution in [0.25, 0.3) is 43.7 Å². The molecule has 0 N–H and O–H groups in total. The monoisotopic (exact) mass is 378 g/mol. The second-order valence-corrected chi connectivity index (χ2v) is 8.07. The highest BCUT2D eigenvalue weighted by Crippen LogP contribution is 2.40. The van der Waals surface area contributed by atoms with Gasteiger partial charge in [0, 0.05) is 11.5 Å². The third-order valence-corrected chi connectivity index (χ3v) is 5.99. The molecule has 2 aromatic heterocycles. The van der Waals surface area contributed by atoms with Gasteiger partial charge in [-0.1, -0.05) is 35.9 Å². The van der Waals surface area contributed by atoms with Gasteiger partial charge in [-0.05, 0) is 61.4 Å². The maximum Gasteiger partial charge on any atom is 0.224 e. The molecule has 2 heterocycles. The number of benzene rings is 3. The summed E-state index contributed by atoms with van der Waals surface area (Å²) in [6.07, 6.45) is 3.79. The van der Waals surface area contributed by atoms with Crippen molar-refractivity contribution in [1.29, 1.82) is 0 Å². The normalized spacial score (nSPS) is 11.6. The van der Waals surface area contributed by atoms with Crippen LogP contribution in [0.4, 0.5) is 0 Å². The maximum absolute atomic E-state index is 4.80. The quantitative estimate of drug-likeness (QED) is 0.278. The number of fused-ring (bicyclic) bond motifs is 6. The van der Waals surface area contributed by atoms with Crippen LogP contribution in [0.3, 0.4) is 0 Å². The van der Waals surface area contributed by atoms with Gasteiger partial charge in [-0.2, -0.15) is 0 Å². The third-order valence-electron chi connectivity index (χ3n) is 5.99. The second kappa shape index (κ2) is 6.35. The van der Waals surface area contributed by atoms with E-state index in [2.05, 4.69) is 93.0 Å². The SMILES string of the molecule is Cc1cc(C)c(-c2cccc3c4ccc[n+](C)c4c4c(C)ncnc4c23)c(C)c1. The zero-order valence-corrected chi connectivity index (χ0v) is 17.5. The molecule has 0 spiro atoms. The van der Waals surface area contributed by atoms with Crippen LogP contribution in [-0.2, 0) is 7.05 Å². The van der Waals surface area contributed by atoms with Crippen LogP contribution in [-0.4, -0.2) is 9.97 Å². The number of hydrogen-bond acceptors (Lipinski definition) is 2. The van der Waals surface area contributed by atoms with Gasteiger partial charge in [0.25, 0.3) is 0 Å². The standard InChI is InChI=1S/C26H24N3/c1-15-12-16(2)22(17(3)13-15)21-9-6-8-19-20-10-7-11-29(5)26(20)23-18(4)27-14-28-25(23)24(19)21/h6-14H,1-5H3/q+1. The van der Waals surface area contributed by atoms with Crippen molar-refractivity contribution in [3.63, 3.8) is 0 Å². The Balaban J connectivity index is 2.10. The minimum absolute atomic E-state index is 1.01. The fourth-order valence-electron chi connectivity index (χ4n) is 4.93. The molecule has 0 atom stereocenters. The van der Waals surface area contributed by atoms with E-state index in [9.17, 15) is 0 Å². The number of hydrogen-bond donors (Lipinski definition) is 0. The van der Waals surface area contributed by atoms with Crippen LogP contribution in [0, 0.1) is 27.7 Å². The predicted molar refractivity (Wildman–Crippen MR) is 120 cm³/mol. The molecule has 0 bridgehead atoms. The van der Waals surface area contributed by atoms with Crippen LogP contribution < -0.4 is 4.57 Å². The lowest BCUT2D eigenvalue weighted by Crippen LogP contribution is -2.28. The molecule has 0 aliphatic rings. The van der Waals surface area contributed by atoms with E-state index in [1.807, 2.05) is 0 Å². The average molecular weight is 378 g/mol. The van der Waals surface area contributed by atoms with Crippen LogP contribution in [0.5, 0.6) is 0 Å². The predicted octanol–water partition coefficient (Wildman–Crippen LogP) is 5.66. The minimum atomic E-state index is 1.01. The number of pyridine rings is 1. The fraction of sp³-hybridized carbons (Fsp3) is 0.192. The van der Waals surface area contributed by atoms with Gasteiger partial charge in [0.1, 0.15) is 13.4 Å². The molecule has 3 heteroatoms. The molecule has 0 fully saturated rings. The summed E-state index contributed by atoms with van der Waals surface area (Å²) in [7, 11) is 2.10. The van der Waals surface area contributed by atoms with Crippen molar-refractivity contribution in [1.82, 2.24) is 9.97 Å². The van der Waals surface area contributed by atoms with Crippen LogP contribution >= 0.6 is 0 Å². The van der Waals surface area contributed by atoms with Crippen molar-refractivity contribution >= 4 is 32.6 Å². The third kappa shape index (κ3) is 2.54. The molecule has 0 saturated carbocycles. The summed E-state index contributed by atoms with van der Waals surface area (Å²) in [5.74, 6) is 0. The minimum Gasteiger partial charge on any atom is -0.241 e. The lowest BCUT2D eigenvalue weighted by Gasteiger charge is -2.16. The van der Waals surface area contributed by atoms with E-state index in [1.54, 1.807) is 6.33 Å². The Labute approximate surface area is 170 Å². The topological polar surface area (TPSA) is 29.7 Å². The first-order valence-corrected chi connectivity index (χ1v) is 10.00. The Morgan fingerprint density at radius 2 is 1.52 bits per heavy atom. The van der Waals surface area contributed by atoms with Crippen molar-refractivity contribution in [2.24, 2.45) is 7.05 Å². The number of aromatic nitrogens is 3. The Morgan fingerprint density at radius 1 is 0.793 bits per heavy atom. The zero-order valence-electron chi connectivity index (χ0n) is 17.5. The first kappa shape index (κ1) is 17.7. The summed E-state index contributed by atoms with van der Waals surface area (Å²) in [6.45, 7) is 8.65. The van der Waals surface area contributed by atoms with Crippen molar-refractivity contribution in [2.75, 3.05) is 0 Å². The summed E-state index contributed by atoms with van der Waals surface area (Å²) in [5, 5.41) is 4.81. The first-order chi connectivity index (χ1) is 14.0. The molecule has 3 aromatic carbocycles. The lowest BCUT2D eigenvalue weighted by atomic mass is 9.88. The van der Waals surface area contributed by atoms with Gasteiger partial charge in [0.05, 0.1) is 22.0 Å². The summed E-state index contributed by atoms with van der Waals surface area (Å²) in [6, 6.07) is 15.5. The highest BCUT2D eigenvalue weighted by molar-refractivity contribution is 6.26. The Kier molecular flexibility index (Phi) is 3.88. The van der Waals surface area contributed by atoms with Crippen LogP contribution in [0.1, 0.15) is 22.4 Å². The number of aryl methyl sites for hydroxylation is 5. The van der Waals surface area contributed by atoms with Gasteiger partial charge in [-0.25, -0.2) is 14.5 Å². The van der Waals surface area contributed by atoms with E-state index in [0.29, 0.717) is 0 Å². The van der Waals surface area contributed by atoms with Gasteiger partial charge in [-0.15, -0.1) is 0 Å². The van der Waals surface area contributed by atoms with Crippen molar-refractivity contribution in [3.05, 3.63) is 77.4 Å². The van der Waals surface area contributed by atoms with E-state index < -0.39 is 0 Å². The van der Waals surface area contributed by atoms with Gasteiger partial charge in [0.2, 0.25) is 5.52 Å². The molecule has 5 aromatic rings. The van der Waals surface area contributed by atoms with E-state index in [4.69, 9.17) is 4.98 Å². The largest absolute Gasteiger partial charge is 0.241 e. The second-order valence-electron chi connectivity index (χ2n) is 8.07. The van der Waals surface area contributed by atoms with Gasteiger partial charge >= 0.3 is 0 Å². The molecule has 5 rings (SSSR count). The summed E-state index contributed by atoms with van der Waals surface area (Å²) in [4.78, 5) is 9.33. The van der Waals surface area contributed by atoms with Crippen LogP contribution in [0.15, 0.2) is 55.0 Å². The molecular formula is C26H24N3+. The van der Waals surface area contributed by atoms with Crippen molar-refractivity contribution < 1.29 is 4.57 Å². The Morgan fingerprint density at radius 3 is 2.28 bits per heavy atom. The number of nitrogens with zero attached hydrogens (tertiary/aromatic N) is 3. The van der Waals surface area contributed by atoms with Crippen molar-refractivity contribution in [2.45, 2.75) is 27.7 Å². The summed E-state index contributed by atoms with van der Waals surface area (Å²) >= 11 is 0. The van der Waals surface area contributed by atoms with Crippen molar-refractivity contribution in [3.8, 4) is 11.1 Å². The maximum atomic E-state index is 4.80. The fourth-order valence-corrected chi connectivity index (χ4v) is 4.93. The average Bonchev–Trinajstić information content (AvgIpc) is 2.67. The number of rotatable bonds is 1. The highest BCUT2D eigenvalue weighted by atomic mass is 14.9. The highest BCUT2D eigenvalue weighted by Gasteiger charge is 2.21. The van der Waals surface area contributed by atoms with E-state index in [0.717, 1.165) is 16.6 Å². The zero-order chi connectivity index (χ0) is 20.3. The summed E-state index contributed by atoms with van der Waals surface area (Å²) in [5.41, 5.74) is 9.66. The molecule has 0 aliphatic heterocycles. The van der Waals surface area contributed by atoms with E-state index >= 15 is 0 Å². The van der Waals surface area contributed by atoms with E-state index in [-0.39, 0.29) is 0 Å². The Hall–Kier alpha value is -3.33. The molecule has 29 heavy (non-hydrogen) atoms. The molecule has 0 unspecified atom stereocenters. The smallest absolute Gasteiger partial charge is 0.224 e. The van der Waals surface area contributed by atoms with E-state index in [1.165, 1.54) is 49.5 Å².